The first-order valence-electron chi connectivity index (χ1n) is 7.22. The number of nitrogens with one attached hydrogen (secondary N) is 1. The van der Waals surface area contributed by atoms with Crippen LogP contribution in [0.3, 0.4) is 0 Å². The molecule has 2 N–H and O–H groups in total. The maximum Gasteiger partial charge on any atom is 0.115 e. The van der Waals surface area contributed by atoms with Crippen LogP contribution in [0.1, 0.15) is 31.2 Å². The first-order chi connectivity index (χ1) is 9.24. The number of rotatable bonds is 7. The lowest BCUT2D eigenvalue weighted by molar-refractivity contribution is 0.190. The molecule has 0 heterocycles. The van der Waals surface area contributed by atoms with E-state index in [0.29, 0.717) is 11.2 Å². The van der Waals surface area contributed by atoms with E-state index in [1.165, 1.54) is 31.2 Å². The van der Waals surface area contributed by atoms with Gasteiger partial charge in [-0.05, 0) is 42.4 Å². The maximum atomic E-state index is 9.36. The molecule has 1 aliphatic rings. The summed E-state index contributed by atoms with van der Waals surface area (Å²) in [5.41, 5.74) is 1.72. The second-order valence-electron chi connectivity index (χ2n) is 5.72. The van der Waals surface area contributed by atoms with Crippen molar-refractivity contribution < 1.29 is 9.84 Å². The molecule has 3 nitrogen and oxygen atoms in total. The number of hydrogen-bond acceptors (Lipinski definition) is 3. The van der Waals surface area contributed by atoms with Crippen LogP contribution in [0.5, 0.6) is 5.75 Å². The first-order valence-corrected chi connectivity index (χ1v) is 7.22. The summed E-state index contributed by atoms with van der Waals surface area (Å²) in [6, 6.07) is 7.67. The molecule has 0 unspecified atom stereocenters. The van der Waals surface area contributed by atoms with Crippen molar-refractivity contribution in [3.05, 3.63) is 29.8 Å². The summed E-state index contributed by atoms with van der Waals surface area (Å²) in [6.45, 7) is 2.76. The first kappa shape index (κ1) is 14.4. The van der Waals surface area contributed by atoms with E-state index in [2.05, 4.69) is 5.32 Å². The fraction of sp³-hybridized carbons (Fsp3) is 0.625. The van der Waals surface area contributed by atoms with E-state index in [1.54, 1.807) is 19.2 Å². The van der Waals surface area contributed by atoms with Gasteiger partial charge in [-0.25, -0.2) is 0 Å². The van der Waals surface area contributed by atoms with Gasteiger partial charge in [-0.1, -0.05) is 25.0 Å². The quantitative estimate of drug-likeness (QED) is 0.743. The highest BCUT2D eigenvalue weighted by atomic mass is 16.5. The molecule has 3 heteroatoms. The van der Waals surface area contributed by atoms with Crippen molar-refractivity contribution in [1.82, 2.24) is 5.32 Å². The number of hydrogen-bond donors (Lipinski definition) is 2. The van der Waals surface area contributed by atoms with Crippen LogP contribution < -0.4 is 5.32 Å². The number of benzene rings is 1. The Labute approximate surface area is 116 Å². The van der Waals surface area contributed by atoms with Crippen molar-refractivity contribution in [1.29, 1.82) is 0 Å². The predicted octanol–water partition coefficient (Wildman–Crippen LogP) is 2.73. The number of phenols is 1. The van der Waals surface area contributed by atoms with Crippen LogP contribution in [0, 0.1) is 5.41 Å². The van der Waals surface area contributed by atoms with Crippen molar-refractivity contribution >= 4 is 0 Å². The monoisotopic (exact) mass is 263 g/mol. The zero-order chi connectivity index (χ0) is 13.6. The minimum atomic E-state index is 0.349. The molecule has 0 atom stereocenters. The van der Waals surface area contributed by atoms with Gasteiger partial charge in [0.2, 0.25) is 0 Å². The lowest BCUT2D eigenvalue weighted by Gasteiger charge is -2.29. The molecule has 0 saturated heterocycles. The molecule has 0 aliphatic heterocycles. The molecule has 1 aromatic rings. The third kappa shape index (κ3) is 4.22. The average Bonchev–Trinajstić information content (AvgIpc) is 2.87. The standard InChI is InChI=1S/C16H25NO2/c1-19-11-10-17-13-16(8-2-3-9-16)12-14-4-6-15(18)7-5-14/h4-7,17-18H,2-3,8-13H2,1H3. The minimum Gasteiger partial charge on any atom is -0.508 e. The Hall–Kier alpha value is -1.06. The summed E-state index contributed by atoms with van der Waals surface area (Å²) < 4.78 is 5.08. The van der Waals surface area contributed by atoms with E-state index in [9.17, 15) is 5.11 Å². The fourth-order valence-corrected chi connectivity index (χ4v) is 3.12. The Morgan fingerprint density at radius 2 is 1.89 bits per heavy atom. The van der Waals surface area contributed by atoms with Gasteiger partial charge >= 0.3 is 0 Å². The molecule has 1 saturated carbocycles. The summed E-state index contributed by atoms with van der Waals surface area (Å²) >= 11 is 0. The highest BCUT2D eigenvalue weighted by Gasteiger charge is 2.33. The molecular weight excluding hydrogens is 238 g/mol. The molecule has 2 rings (SSSR count). The van der Waals surface area contributed by atoms with Gasteiger partial charge in [0.15, 0.2) is 0 Å². The molecule has 106 valence electrons. The van der Waals surface area contributed by atoms with Gasteiger partial charge < -0.3 is 15.2 Å². The van der Waals surface area contributed by atoms with Gasteiger partial charge in [0.25, 0.3) is 0 Å². The Morgan fingerprint density at radius 3 is 2.53 bits per heavy atom. The molecule has 0 spiro atoms. The normalized spacial score (nSPS) is 17.7. The van der Waals surface area contributed by atoms with Gasteiger partial charge in [-0.3, -0.25) is 0 Å². The SMILES string of the molecule is COCCNCC1(Cc2ccc(O)cc2)CCCC1. The van der Waals surface area contributed by atoms with Crippen LogP contribution in [0.25, 0.3) is 0 Å². The predicted molar refractivity (Wildman–Crippen MR) is 77.5 cm³/mol. The molecule has 1 aromatic carbocycles. The molecule has 0 radical (unpaired) electrons. The zero-order valence-electron chi connectivity index (χ0n) is 11.8. The highest BCUT2D eigenvalue weighted by molar-refractivity contribution is 5.26. The van der Waals surface area contributed by atoms with Gasteiger partial charge in [-0.15, -0.1) is 0 Å². The Morgan fingerprint density at radius 1 is 1.21 bits per heavy atom. The van der Waals surface area contributed by atoms with Crippen LogP contribution in [0.4, 0.5) is 0 Å². The topological polar surface area (TPSA) is 41.5 Å². The van der Waals surface area contributed by atoms with Gasteiger partial charge in [0.1, 0.15) is 5.75 Å². The van der Waals surface area contributed by atoms with Crippen molar-refractivity contribution in [3.8, 4) is 5.75 Å². The average molecular weight is 263 g/mol. The molecule has 1 fully saturated rings. The zero-order valence-corrected chi connectivity index (χ0v) is 11.8. The van der Waals surface area contributed by atoms with E-state index in [0.717, 1.165) is 26.1 Å². The lowest BCUT2D eigenvalue weighted by Crippen LogP contribution is -2.35. The largest absolute Gasteiger partial charge is 0.508 e. The highest BCUT2D eigenvalue weighted by Crippen LogP contribution is 2.40. The van der Waals surface area contributed by atoms with E-state index in [-0.39, 0.29) is 0 Å². The number of ether oxygens (including phenoxy) is 1. The van der Waals surface area contributed by atoms with Crippen LogP contribution in [-0.2, 0) is 11.2 Å². The second-order valence-corrected chi connectivity index (χ2v) is 5.72. The van der Waals surface area contributed by atoms with E-state index in [4.69, 9.17) is 4.74 Å². The van der Waals surface area contributed by atoms with Crippen LogP contribution >= 0.6 is 0 Å². The molecule has 0 aromatic heterocycles. The van der Waals surface area contributed by atoms with Crippen molar-refractivity contribution in [2.45, 2.75) is 32.1 Å². The lowest BCUT2D eigenvalue weighted by atomic mass is 9.80. The Balaban J connectivity index is 1.93. The Kier molecular flexibility index (Phi) is 5.23. The van der Waals surface area contributed by atoms with E-state index >= 15 is 0 Å². The third-order valence-electron chi connectivity index (χ3n) is 4.16. The summed E-state index contributed by atoms with van der Waals surface area (Å²) in [5.74, 6) is 0.349. The van der Waals surface area contributed by atoms with E-state index in [1.807, 2.05) is 12.1 Å². The van der Waals surface area contributed by atoms with Gasteiger partial charge in [0.05, 0.1) is 6.61 Å². The van der Waals surface area contributed by atoms with E-state index < -0.39 is 0 Å². The smallest absolute Gasteiger partial charge is 0.115 e. The molecule has 19 heavy (non-hydrogen) atoms. The van der Waals surface area contributed by atoms with Gasteiger partial charge in [0, 0.05) is 20.2 Å². The summed E-state index contributed by atoms with van der Waals surface area (Å²) in [5, 5.41) is 12.9. The summed E-state index contributed by atoms with van der Waals surface area (Å²) in [4.78, 5) is 0. The van der Waals surface area contributed by atoms with Crippen molar-refractivity contribution in [2.24, 2.45) is 5.41 Å². The summed E-state index contributed by atoms with van der Waals surface area (Å²) in [6.07, 6.45) is 6.38. The third-order valence-corrected chi connectivity index (χ3v) is 4.16. The molecule has 0 amide bonds. The van der Waals surface area contributed by atoms with Crippen LogP contribution in [0.2, 0.25) is 0 Å². The maximum absolute atomic E-state index is 9.36. The van der Waals surface area contributed by atoms with Crippen molar-refractivity contribution in [2.75, 3.05) is 26.8 Å². The number of aromatic hydroxyl groups is 1. The van der Waals surface area contributed by atoms with Crippen molar-refractivity contribution in [3.63, 3.8) is 0 Å². The van der Waals surface area contributed by atoms with Gasteiger partial charge in [-0.2, -0.15) is 0 Å². The molecule has 0 bridgehead atoms. The number of phenolic OH excluding ortho intramolecular Hbond substituents is 1. The molecule has 1 aliphatic carbocycles. The van der Waals surface area contributed by atoms with Crippen LogP contribution in [0.15, 0.2) is 24.3 Å². The minimum absolute atomic E-state index is 0.349. The summed E-state index contributed by atoms with van der Waals surface area (Å²) in [7, 11) is 1.74. The van der Waals surface area contributed by atoms with Crippen LogP contribution in [-0.4, -0.2) is 31.9 Å². The molecular formula is C16H25NO2. The number of methoxy groups -OCH3 is 1. The second kappa shape index (κ2) is 6.92. The Bertz CT molecular complexity index is 369. The fourth-order valence-electron chi connectivity index (χ4n) is 3.12.